The topological polar surface area (TPSA) is 33.6 Å². The van der Waals surface area contributed by atoms with Crippen LogP contribution in [0.2, 0.25) is 0 Å². The van der Waals surface area contributed by atoms with Crippen LogP contribution >= 0.6 is 0 Å². The zero-order valence-corrected chi connectivity index (χ0v) is 6.18. The summed E-state index contributed by atoms with van der Waals surface area (Å²) in [6, 6.07) is 0. The highest BCUT2D eigenvalue weighted by atomic mass is 16.5. The van der Waals surface area contributed by atoms with Gasteiger partial charge in [0.15, 0.2) is 5.90 Å². The van der Waals surface area contributed by atoms with Crippen molar-refractivity contribution in [2.75, 3.05) is 19.7 Å². The lowest BCUT2D eigenvalue weighted by Gasteiger charge is -2.13. The molecule has 2 heterocycles. The molecule has 0 radical (unpaired) electrons. The molecule has 2 aliphatic rings. The van der Waals surface area contributed by atoms with E-state index in [1.54, 1.807) is 0 Å². The summed E-state index contributed by atoms with van der Waals surface area (Å²) >= 11 is 0. The predicted molar refractivity (Wildman–Crippen MR) is 39.3 cm³/mol. The third kappa shape index (κ3) is 0.814. The van der Waals surface area contributed by atoms with Crippen LogP contribution in [0.3, 0.4) is 0 Å². The Balaban J connectivity index is 2.16. The molecule has 0 amide bonds. The summed E-state index contributed by atoms with van der Waals surface area (Å²) in [7, 11) is 0. The zero-order chi connectivity index (χ0) is 7.03. The summed E-state index contributed by atoms with van der Waals surface area (Å²) < 4.78 is 5.30. The van der Waals surface area contributed by atoms with Crippen molar-refractivity contribution in [1.29, 1.82) is 0 Å². The number of ether oxygens (including phenoxy) is 1. The second kappa shape index (κ2) is 1.95. The van der Waals surface area contributed by atoms with Gasteiger partial charge in [-0.2, -0.15) is 0 Å². The lowest BCUT2D eigenvalue weighted by molar-refractivity contribution is 0.265. The molecule has 56 valence electrons. The van der Waals surface area contributed by atoms with Gasteiger partial charge in [-0.25, -0.2) is 4.99 Å². The fraction of sp³-hybridized carbons (Fsp3) is 0.857. The average molecular weight is 140 g/mol. The molecule has 1 fully saturated rings. The van der Waals surface area contributed by atoms with Gasteiger partial charge in [-0.1, -0.05) is 0 Å². The summed E-state index contributed by atoms with van der Waals surface area (Å²) in [6.07, 6.45) is 1.13. The minimum Gasteiger partial charge on any atom is -0.479 e. The van der Waals surface area contributed by atoms with E-state index < -0.39 is 0 Å². The molecule has 0 aromatic rings. The third-order valence-corrected chi connectivity index (χ3v) is 2.17. The number of aliphatic imine (C=N–C) groups is 1. The van der Waals surface area contributed by atoms with Crippen LogP contribution in [0.4, 0.5) is 0 Å². The van der Waals surface area contributed by atoms with Gasteiger partial charge in [-0.05, 0) is 13.0 Å². The van der Waals surface area contributed by atoms with Gasteiger partial charge in [0, 0.05) is 13.5 Å². The van der Waals surface area contributed by atoms with Crippen LogP contribution in [0.25, 0.3) is 0 Å². The number of nitrogens with zero attached hydrogens (tertiary/aromatic N) is 1. The second-order valence-electron chi connectivity index (χ2n) is 3.07. The largest absolute Gasteiger partial charge is 0.479 e. The van der Waals surface area contributed by atoms with Crippen molar-refractivity contribution in [2.45, 2.75) is 18.9 Å². The van der Waals surface area contributed by atoms with Crippen molar-refractivity contribution >= 4 is 5.90 Å². The molecular weight excluding hydrogens is 128 g/mol. The summed E-state index contributed by atoms with van der Waals surface area (Å²) in [5.74, 6) is 0.851. The Labute approximate surface area is 60.5 Å². The lowest BCUT2D eigenvalue weighted by Crippen LogP contribution is -2.30. The highest BCUT2D eigenvalue weighted by Crippen LogP contribution is 2.24. The molecule has 10 heavy (non-hydrogen) atoms. The minimum atomic E-state index is 0.115. The first-order valence-corrected chi connectivity index (χ1v) is 3.71. The molecule has 3 heteroatoms. The van der Waals surface area contributed by atoms with Crippen molar-refractivity contribution in [3.8, 4) is 0 Å². The molecule has 0 saturated carbocycles. The number of hydrogen-bond acceptors (Lipinski definition) is 3. The first kappa shape index (κ1) is 6.16. The minimum absolute atomic E-state index is 0.115. The molecule has 0 aromatic carbocycles. The normalized spacial score (nSPS) is 38.3. The lowest BCUT2D eigenvalue weighted by atomic mass is 10.0. The van der Waals surface area contributed by atoms with E-state index in [4.69, 9.17) is 4.74 Å². The Morgan fingerprint density at radius 3 is 3.10 bits per heavy atom. The molecule has 0 bridgehead atoms. The summed E-state index contributed by atoms with van der Waals surface area (Å²) in [4.78, 5) is 4.45. The molecule has 1 spiro atoms. The van der Waals surface area contributed by atoms with E-state index in [0.29, 0.717) is 0 Å². The van der Waals surface area contributed by atoms with E-state index in [1.807, 2.05) is 6.92 Å². The van der Waals surface area contributed by atoms with Crippen LogP contribution in [0.1, 0.15) is 13.3 Å². The first-order chi connectivity index (χ1) is 4.81. The van der Waals surface area contributed by atoms with Crippen LogP contribution in [0.5, 0.6) is 0 Å². The summed E-state index contributed by atoms with van der Waals surface area (Å²) in [6.45, 7) is 4.78. The highest BCUT2D eigenvalue weighted by molar-refractivity contribution is 5.75. The van der Waals surface area contributed by atoms with Crippen molar-refractivity contribution in [3.05, 3.63) is 0 Å². The van der Waals surface area contributed by atoms with Crippen LogP contribution in [0, 0.1) is 0 Å². The Morgan fingerprint density at radius 2 is 2.60 bits per heavy atom. The summed E-state index contributed by atoms with van der Waals surface area (Å²) in [5, 5.41) is 3.29. The van der Waals surface area contributed by atoms with Gasteiger partial charge in [-0.3, -0.25) is 0 Å². The first-order valence-electron chi connectivity index (χ1n) is 3.71. The van der Waals surface area contributed by atoms with Crippen molar-refractivity contribution < 1.29 is 4.74 Å². The molecule has 1 unspecified atom stereocenters. The van der Waals surface area contributed by atoms with E-state index in [0.717, 1.165) is 32.0 Å². The fourth-order valence-corrected chi connectivity index (χ4v) is 1.59. The maximum absolute atomic E-state index is 5.30. The van der Waals surface area contributed by atoms with Crippen molar-refractivity contribution in [2.24, 2.45) is 4.99 Å². The Kier molecular flexibility index (Phi) is 1.20. The standard InChI is InChI=1S/C7H12N2O/c1-6-9-7(5-10-6)2-3-8-4-7/h8H,2-5H2,1H3. The van der Waals surface area contributed by atoms with Gasteiger partial charge in [0.1, 0.15) is 12.1 Å². The monoisotopic (exact) mass is 140 g/mol. The number of hydrogen-bond donors (Lipinski definition) is 1. The number of rotatable bonds is 0. The van der Waals surface area contributed by atoms with E-state index in [-0.39, 0.29) is 5.54 Å². The highest BCUT2D eigenvalue weighted by Gasteiger charge is 2.38. The van der Waals surface area contributed by atoms with Crippen LogP contribution in [0.15, 0.2) is 4.99 Å². The zero-order valence-electron chi connectivity index (χ0n) is 6.18. The van der Waals surface area contributed by atoms with Crippen LogP contribution < -0.4 is 5.32 Å². The molecule has 1 atom stereocenters. The third-order valence-electron chi connectivity index (χ3n) is 2.17. The predicted octanol–water partition coefficient (Wildman–Crippen LogP) is 0.167. The van der Waals surface area contributed by atoms with Gasteiger partial charge >= 0.3 is 0 Å². The molecule has 2 rings (SSSR count). The Hall–Kier alpha value is -0.570. The van der Waals surface area contributed by atoms with Crippen LogP contribution in [-0.2, 0) is 4.74 Å². The average Bonchev–Trinajstić information content (AvgIpc) is 2.46. The van der Waals surface area contributed by atoms with Gasteiger partial charge < -0.3 is 10.1 Å². The maximum atomic E-state index is 5.30. The van der Waals surface area contributed by atoms with E-state index >= 15 is 0 Å². The van der Waals surface area contributed by atoms with Gasteiger partial charge in [-0.15, -0.1) is 0 Å². The molecule has 1 saturated heterocycles. The molecule has 0 aromatic heterocycles. The second-order valence-corrected chi connectivity index (χ2v) is 3.07. The molecular formula is C7H12N2O. The smallest absolute Gasteiger partial charge is 0.180 e. The van der Waals surface area contributed by atoms with Gasteiger partial charge in [0.25, 0.3) is 0 Å². The molecule has 3 nitrogen and oxygen atoms in total. The van der Waals surface area contributed by atoms with Gasteiger partial charge in [0.2, 0.25) is 0 Å². The maximum Gasteiger partial charge on any atom is 0.180 e. The van der Waals surface area contributed by atoms with Crippen molar-refractivity contribution in [3.63, 3.8) is 0 Å². The van der Waals surface area contributed by atoms with Gasteiger partial charge in [0.05, 0.1) is 0 Å². The Morgan fingerprint density at radius 1 is 1.70 bits per heavy atom. The molecule has 2 aliphatic heterocycles. The molecule has 1 N–H and O–H groups in total. The van der Waals surface area contributed by atoms with E-state index in [2.05, 4.69) is 10.3 Å². The SMILES string of the molecule is CC1=NC2(CCNC2)CO1. The number of nitrogens with one attached hydrogen (secondary N) is 1. The van der Waals surface area contributed by atoms with Crippen molar-refractivity contribution in [1.82, 2.24) is 5.32 Å². The fourth-order valence-electron chi connectivity index (χ4n) is 1.59. The van der Waals surface area contributed by atoms with E-state index in [9.17, 15) is 0 Å². The van der Waals surface area contributed by atoms with E-state index in [1.165, 1.54) is 0 Å². The quantitative estimate of drug-likeness (QED) is 0.520. The van der Waals surface area contributed by atoms with Crippen LogP contribution in [-0.4, -0.2) is 31.1 Å². The Bertz CT molecular complexity index is 170. The molecule has 0 aliphatic carbocycles. The summed E-state index contributed by atoms with van der Waals surface area (Å²) in [5.41, 5.74) is 0.115.